The van der Waals surface area contributed by atoms with Crippen LogP contribution in [0.1, 0.15) is 5.56 Å². The molecular formula is C24H29Cl2N5. The lowest BCUT2D eigenvalue weighted by molar-refractivity contribution is 0.676. The number of aromatic nitrogens is 1. The summed E-state index contributed by atoms with van der Waals surface area (Å²) in [5, 5.41) is 16.2. The monoisotopic (exact) mass is 457 g/mol. The molecule has 5 N–H and O–H groups in total. The van der Waals surface area contributed by atoms with Crippen molar-refractivity contribution in [3.05, 3.63) is 70.2 Å². The molecule has 0 saturated heterocycles. The van der Waals surface area contributed by atoms with E-state index >= 15 is 0 Å². The van der Waals surface area contributed by atoms with Gasteiger partial charge in [-0.1, -0.05) is 29.3 Å². The summed E-state index contributed by atoms with van der Waals surface area (Å²) in [4.78, 5) is 0. The van der Waals surface area contributed by atoms with Gasteiger partial charge in [-0.3, -0.25) is 0 Å². The van der Waals surface area contributed by atoms with Crippen molar-refractivity contribution in [1.29, 1.82) is 5.41 Å². The topological polar surface area (TPSA) is 78.9 Å². The van der Waals surface area contributed by atoms with E-state index in [2.05, 4.69) is 58.0 Å². The average molecular weight is 458 g/mol. The maximum Gasteiger partial charge on any atom is 0.0512 e. The van der Waals surface area contributed by atoms with Crippen molar-refractivity contribution >= 4 is 63.1 Å². The lowest BCUT2D eigenvalue weighted by Crippen LogP contribution is -2.14. The van der Waals surface area contributed by atoms with Crippen LogP contribution >= 0.6 is 23.2 Å². The number of hydrogen-bond acceptors (Lipinski definition) is 4. The summed E-state index contributed by atoms with van der Waals surface area (Å²) in [7, 11) is 3.47. The van der Waals surface area contributed by atoms with E-state index in [-0.39, 0.29) is 0 Å². The first-order valence-corrected chi connectivity index (χ1v) is 10.6. The number of halogens is 2. The van der Waals surface area contributed by atoms with Crippen molar-refractivity contribution in [3.63, 3.8) is 0 Å². The van der Waals surface area contributed by atoms with Gasteiger partial charge in [0.1, 0.15) is 0 Å². The summed E-state index contributed by atoms with van der Waals surface area (Å²) in [5.41, 5.74) is 10.0. The number of nitrogens with two attached hydrogens (primary N) is 1. The van der Waals surface area contributed by atoms with E-state index in [9.17, 15) is 0 Å². The molecule has 4 rings (SSSR count). The third-order valence-electron chi connectivity index (χ3n) is 4.86. The molecule has 31 heavy (non-hydrogen) atoms. The highest BCUT2D eigenvalue weighted by molar-refractivity contribution is 6.32. The van der Waals surface area contributed by atoms with Gasteiger partial charge in [-0.2, -0.15) is 0 Å². The largest absolute Gasteiger partial charge is 0.355 e. The van der Waals surface area contributed by atoms with Crippen molar-refractivity contribution in [3.8, 4) is 0 Å². The van der Waals surface area contributed by atoms with Gasteiger partial charge in [0, 0.05) is 50.8 Å². The van der Waals surface area contributed by atoms with Gasteiger partial charge in [0.25, 0.3) is 0 Å². The van der Waals surface area contributed by atoms with Crippen molar-refractivity contribution < 1.29 is 0 Å². The molecule has 0 fully saturated rings. The Balaban J connectivity index is 0.000000807. The molecule has 4 aromatic rings. The smallest absolute Gasteiger partial charge is 0.0512 e. The second-order valence-electron chi connectivity index (χ2n) is 6.74. The minimum Gasteiger partial charge on any atom is -0.355 e. The molecule has 0 aliphatic carbocycles. The van der Waals surface area contributed by atoms with Gasteiger partial charge in [-0.15, -0.1) is 0 Å². The van der Waals surface area contributed by atoms with Gasteiger partial charge in [0.2, 0.25) is 0 Å². The van der Waals surface area contributed by atoms with Gasteiger partial charge in [0.15, 0.2) is 0 Å². The van der Waals surface area contributed by atoms with Crippen LogP contribution in [0.2, 0.25) is 10.0 Å². The molecule has 1 aromatic heterocycles. The Morgan fingerprint density at radius 1 is 0.903 bits per heavy atom. The summed E-state index contributed by atoms with van der Waals surface area (Å²) in [6.45, 7) is 6.30. The fraction of sp³-hybridized carbons (Fsp3) is 0.208. The fourth-order valence-corrected chi connectivity index (χ4v) is 3.79. The van der Waals surface area contributed by atoms with Gasteiger partial charge in [-0.25, -0.2) is 0 Å². The predicted octanol–water partition coefficient (Wildman–Crippen LogP) is 6.21. The van der Waals surface area contributed by atoms with E-state index in [1.54, 1.807) is 0 Å². The highest BCUT2D eigenvalue weighted by Crippen LogP contribution is 2.33. The lowest BCUT2D eigenvalue weighted by Gasteiger charge is -2.10. The fourth-order valence-electron chi connectivity index (χ4n) is 3.50. The molecule has 0 amide bonds. The van der Waals surface area contributed by atoms with Crippen molar-refractivity contribution in [2.75, 3.05) is 26.0 Å². The minimum absolute atomic E-state index is 0.758. The molecule has 0 unspecified atom stereocenters. The molecule has 5 nitrogen and oxygen atoms in total. The summed E-state index contributed by atoms with van der Waals surface area (Å²) in [5.74, 6) is 0. The zero-order chi connectivity index (χ0) is 23.0. The third-order valence-corrected chi connectivity index (χ3v) is 5.52. The maximum absolute atomic E-state index is 6.25. The molecule has 1 heterocycles. The Morgan fingerprint density at radius 3 is 2.26 bits per heavy atom. The number of fused-ring (bicyclic) bond motifs is 3. The van der Waals surface area contributed by atoms with Crippen LogP contribution in [-0.4, -0.2) is 31.9 Å². The molecule has 7 heteroatoms. The second kappa shape index (κ2) is 11.7. The normalized spacial score (nSPS) is 10.3. The average Bonchev–Trinajstić information content (AvgIpc) is 3.09. The number of nitrogens with zero attached hydrogens (tertiary/aromatic N) is 1. The number of aryl methyl sites for hydroxylation is 1. The summed E-state index contributed by atoms with van der Waals surface area (Å²) >= 11 is 12.4. The number of rotatable bonds is 5. The van der Waals surface area contributed by atoms with E-state index < -0.39 is 0 Å². The molecule has 0 radical (unpaired) electrons. The van der Waals surface area contributed by atoms with Crippen LogP contribution in [0.3, 0.4) is 0 Å². The Kier molecular flexibility index (Phi) is 9.34. The van der Waals surface area contributed by atoms with Crippen LogP contribution in [0.4, 0.5) is 11.4 Å². The SMILES string of the molecule is C=N.CN.CNCCn1c2ccc(Cl)cc2c2ccc(Nc3ccc(Cl)c(C)c3)cc21. The van der Waals surface area contributed by atoms with Crippen LogP contribution in [0.5, 0.6) is 0 Å². The number of nitrogens with one attached hydrogen (secondary N) is 3. The van der Waals surface area contributed by atoms with E-state index in [0.29, 0.717) is 0 Å². The summed E-state index contributed by atoms with van der Waals surface area (Å²) in [6.07, 6.45) is 0. The van der Waals surface area contributed by atoms with Gasteiger partial charge in [0.05, 0.1) is 5.52 Å². The summed E-state index contributed by atoms with van der Waals surface area (Å²) in [6, 6.07) is 18.5. The van der Waals surface area contributed by atoms with Gasteiger partial charge >= 0.3 is 0 Å². The molecule has 3 aromatic carbocycles. The minimum atomic E-state index is 0.758. The Hall–Kier alpha value is -2.57. The zero-order valence-corrected chi connectivity index (χ0v) is 19.6. The quantitative estimate of drug-likeness (QED) is 0.268. The van der Waals surface area contributed by atoms with E-state index in [4.69, 9.17) is 28.6 Å². The zero-order valence-electron chi connectivity index (χ0n) is 18.1. The highest BCUT2D eigenvalue weighted by Gasteiger charge is 2.12. The van der Waals surface area contributed by atoms with Crippen LogP contribution in [-0.2, 0) is 6.54 Å². The number of hydrogen-bond donors (Lipinski definition) is 4. The number of anilines is 2. The van der Waals surface area contributed by atoms with E-state index in [1.165, 1.54) is 28.9 Å². The van der Waals surface area contributed by atoms with Crippen molar-refractivity contribution in [2.24, 2.45) is 5.73 Å². The van der Waals surface area contributed by atoms with Gasteiger partial charge in [-0.05, 0) is 81.8 Å². The molecule has 0 bridgehead atoms. The lowest BCUT2D eigenvalue weighted by atomic mass is 10.1. The molecule has 0 aliphatic rings. The van der Waals surface area contributed by atoms with Crippen molar-refractivity contribution in [2.45, 2.75) is 13.5 Å². The van der Waals surface area contributed by atoms with Crippen LogP contribution in [0.25, 0.3) is 21.8 Å². The van der Waals surface area contributed by atoms with Crippen LogP contribution in [0, 0.1) is 12.3 Å². The molecular weight excluding hydrogens is 429 g/mol. The Morgan fingerprint density at radius 2 is 1.58 bits per heavy atom. The molecule has 164 valence electrons. The summed E-state index contributed by atoms with van der Waals surface area (Å²) < 4.78 is 2.34. The first-order chi connectivity index (χ1) is 15.1. The third kappa shape index (κ3) is 5.57. The van der Waals surface area contributed by atoms with E-state index in [1.807, 2.05) is 38.2 Å². The Bertz CT molecular complexity index is 1150. The predicted molar refractivity (Wildman–Crippen MR) is 138 cm³/mol. The van der Waals surface area contributed by atoms with E-state index in [0.717, 1.165) is 40.1 Å². The molecule has 0 saturated carbocycles. The van der Waals surface area contributed by atoms with Crippen molar-refractivity contribution in [1.82, 2.24) is 9.88 Å². The first-order valence-electron chi connectivity index (χ1n) is 9.89. The second-order valence-corrected chi connectivity index (χ2v) is 7.58. The van der Waals surface area contributed by atoms with Crippen LogP contribution in [0.15, 0.2) is 54.6 Å². The number of benzene rings is 3. The maximum atomic E-state index is 6.25. The Labute approximate surface area is 193 Å². The molecule has 0 atom stereocenters. The molecule has 0 aliphatic heterocycles. The first kappa shape index (κ1) is 24.7. The van der Waals surface area contributed by atoms with Gasteiger partial charge < -0.3 is 26.3 Å². The molecule has 0 spiro atoms. The highest BCUT2D eigenvalue weighted by atomic mass is 35.5. The standard InChI is InChI=1S/C22H21Cl2N3.CH5N.CH3N/c1-14-11-16(5-7-20(14)24)26-17-4-6-18-19-12-15(23)3-8-21(19)27(10-9-25-2)22(18)13-17;2*1-2/h3-8,11-13,25-26H,9-10H2,1-2H3;2H2,1H3;2H,1H2. The van der Waals surface area contributed by atoms with Crippen LogP contribution < -0.4 is 16.4 Å². The number of likely N-dealkylation sites (N-methyl/N-ethyl adjacent to an activating group) is 1.